The van der Waals surface area contributed by atoms with Gasteiger partial charge in [-0.05, 0) is 50.8 Å². The van der Waals surface area contributed by atoms with Crippen LogP contribution in [0.2, 0.25) is 5.02 Å². The number of hydrogen-bond donors (Lipinski definition) is 1. The maximum absolute atomic E-state index is 12.1. The second kappa shape index (κ2) is 9.11. The van der Waals surface area contributed by atoms with Gasteiger partial charge in [-0.25, -0.2) is 0 Å². The summed E-state index contributed by atoms with van der Waals surface area (Å²) in [5.74, 6) is 0.435. The van der Waals surface area contributed by atoms with Crippen LogP contribution in [0.5, 0.6) is 0 Å². The highest BCUT2D eigenvalue weighted by molar-refractivity contribution is 8.00. The smallest absolute Gasteiger partial charge is 0.230 e. The van der Waals surface area contributed by atoms with Crippen molar-refractivity contribution in [2.75, 3.05) is 26.4 Å². The van der Waals surface area contributed by atoms with Gasteiger partial charge >= 0.3 is 0 Å². The molecule has 0 aliphatic rings. The Hall–Kier alpha value is -1.49. The topological polar surface area (TPSA) is 32.3 Å². The van der Waals surface area contributed by atoms with Crippen LogP contribution in [-0.2, 0) is 4.79 Å². The Bertz CT molecular complexity index is 656. The molecule has 24 heavy (non-hydrogen) atoms. The average molecular weight is 363 g/mol. The Morgan fingerprint density at radius 1 is 1.12 bits per heavy atom. The monoisotopic (exact) mass is 362 g/mol. The van der Waals surface area contributed by atoms with Crippen molar-refractivity contribution in [3.8, 4) is 0 Å². The molecule has 0 heterocycles. The first-order valence-corrected chi connectivity index (χ1v) is 9.20. The lowest BCUT2D eigenvalue weighted by molar-refractivity contribution is -0.118. The number of amides is 1. The van der Waals surface area contributed by atoms with E-state index in [9.17, 15) is 4.79 Å². The van der Waals surface area contributed by atoms with Crippen LogP contribution in [0.25, 0.3) is 0 Å². The zero-order chi connectivity index (χ0) is 17.5. The molecular weight excluding hydrogens is 340 g/mol. The minimum atomic E-state index is 0.0360. The first kappa shape index (κ1) is 18.8. The summed E-state index contributed by atoms with van der Waals surface area (Å²) in [5, 5.41) is 3.74. The minimum Gasteiger partial charge on any atom is -0.353 e. The van der Waals surface area contributed by atoms with Crippen LogP contribution in [0.15, 0.2) is 53.4 Å². The van der Waals surface area contributed by atoms with E-state index in [1.54, 1.807) is 0 Å². The van der Waals surface area contributed by atoms with Crippen LogP contribution in [0.1, 0.15) is 17.2 Å². The van der Waals surface area contributed by atoms with E-state index in [4.69, 9.17) is 11.6 Å². The van der Waals surface area contributed by atoms with Gasteiger partial charge in [-0.1, -0.05) is 41.4 Å². The average Bonchev–Trinajstić information content (AvgIpc) is 2.56. The lowest BCUT2D eigenvalue weighted by atomic mass is 10.0. The summed E-state index contributed by atoms with van der Waals surface area (Å²) >= 11 is 7.37. The molecule has 0 aromatic heterocycles. The molecule has 1 unspecified atom stereocenters. The van der Waals surface area contributed by atoms with Gasteiger partial charge in [0.25, 0.3) is 0 Å². The lowest BCUT2D eigenvalue weighted by Crippen LogP contribution is -2.35. The van der Waals surface area contributed by atoms with E-state index in [1.807, 2.05) is 38.4 Å². The van der Waals surface area contributed by atoms with Crippen LogP contribution < -0.4 is 5.32 Å². The summed E-state index contributed by atoms with van der Waals surface area (Å²) in [7, 11) is 4.05. The summed E-state index contributed by atoms with van der Waals surface area (Å²) in [4.78, 5) is 15.3. The number of carbonyl (C=O) groups excluding carboxylic acids is 1. The van der Waals surface area contributed by atoms with Gasteiger partial charge in [-0.2, -0.15) is 0 Å². The van der Waals surface area contributed by atoms with Gasteiger partial charge in [0.2, 0.25) is 5.91 Å². The highest BCUT2D eigenvalue weighted by atomic mass is 35.5. The number of rotatable bonds is 7. The molecule has 0 radical (unpaired) electrons. The molecule has 2 aromatic carbocycles. The maximum atomic E-state index is 12.1. The number of hydrogen-bond acceptors (Lipinski definition) is 3. The van der Waals surface area contributed by atoms with Crippen molar-refractivity contribution < 1.29 is 4.79 Å². The fraction of sp³-hybridized carbons (Fsp3) is 0.316. The van der Waals surface area contributed by atoms with E-state index in [0.29, 0.717) is 17.3 Å². The van der Waals surface area contributed by atoms with Crippen LogP contribution in [-0.4, -0.2) is 37.2 Å². The van der Waals surface area contributed by atoms with Gasteiger partial charge in [-0.3, -0.25) is 4.79 Å². The Morgan fingerprint density at radius 3 is 2.33 bits per heavy atom. The van der Waals surface area contributed by atoms with E-state index < -0.39 is 0 Å². The van der Waals surface area contributed by atoms with Crippen molar-refractivity contribution >= 4 is 29.3 Å². The summed E-state index contributed by atoms with van der Waals surface area (Å²) in [5.41, 5.74) is 2.44. The molecule has 5 heteroatoms. The van der Waals surface area contributed by atoms with Crippen LogP contribution >= 0.6 is 23.4 Å². The van der Waals surface area contributed by atoms with Gasteiger partial charge in [-0.15, -0.1) is 11.8 Å². The first-order valence-electron chi connectivity index (χ1n) is 7.84. The normalized spacial score (nSPS) is 12.2. The van der Waals surface area contributed by atoms with E-state index in [1.165, 1.54) is 22.9 Å². The van der Waals surface area contributed by atoms with E-state index in [2.05, 4.69) is 41.4 Å². The Kier molecular flexibility index (Phi) is 7.16. The number of carbonyl (C=O) groups is 1. The van der Waals surface area contributed by atoms with Crippen molar-refractivity contribution in [2.45, 2.75) is 17.9 Å². The number of benzene rings is 2. The largest absolute Gasteiger partial charge is 0.353 e. The summed E-state index contributed by atoms with van der Waals surface area (Å²) in [6.45, 7) is 2.67. The summed E-state index contributed by atoms with van der Waals surface area (Å²) in [6.07, 6.45) is 0. The number of halogens is 1. The third-order valence-corrected chi connectivity index (χ3v) is 5.03. The number of aryl methyl sites for hydroxylation is 1. The van der Waals surface area contributed by atoms with E-state index >= 15 is 0 Å². The van der Waals surface area contributed by atoms with Gasteiger partial charge < -0.3 is 10.2 Å². The number of nitrogens with zero attached hydrogens (tertiary/aromatic N) is 1. The molecule has 0 aliphatic carbocycles. The number of nitrogens with one attached hydrogen (secondary N) is 1. The van der Waals surface area contributed by atoms with E-state index in [0.717, 1.165) is 4.90 Å². The third-order valence-electron chi connectivity index (χ3n) is 3.76. The second-order valence-corrected chi connectivity index (χ2v) is 7.42. The van der Waals surface area contributed by atoms with Gasteiger partial charge in [0.1, 0.15) is 0 Å². The number of thioether (sulfide) groups is 1. The van der Waals surface area contributed by atoms with Crippen molar-refractivity contribution in [1.29, 1.82) is 0 Å². The predicted molar refractivity (Wildman–Crippen MR) is 103 cm³/mol. The summed E-state index contributed by atoms with van der Waals surface area (Å²) in [6, 6.07) is 16.1. The zero-order valence-corrected chi connectivity index (χ0v) is 15.8. The molecular formula is C19H23ClN2OS. The van der Waals surface area contributed by atoms with Crippen LogP contribution in [0, 0.1) is 6.92 Å². The number of likely N-dealkylation sites (N-methyl/N-ethyl adjacent to an activating group) is 1. The van der Waals surface area contributed by atoms with E-state index in [-0.39, 0.29) is 11.9 Å². The molecule has 3 nitrogen and oxygen atoms in total. The molecule has 0 saturated carbocycles. The quantitative estimate of drug-likeness (QED) is 0.750. The maximum Gasteiger partial charge on any atom is 0.230 e. The van der Waals surface area contributed by atoms with Gasteiger partial charge in [0.15, 0.2) is 0 Å². The van der Waals surface area contributed by atoms with Crippen LogP contribution in [0.4, 0.5) is 0 Å². The molecule has 1 amide bonds. The molecule has 2 rings (SSSR count). The molecule has 0 saturated heterocycles. The van der Waals surface area contributed by atoms with Gasteiger partial charge in [0, 0.05) is 16.5 Å². The van der Waals surface area contributed by atoms with Crippen molar-refractivity contribution in [3.63, 3.8) is 0 Å². The molecule has 0 aliphatic heterocycles. The fourth-order valence-electron chi connectivity index (χ4n) is 2.33. The summed E-state index contributed by atoms with van der Waals surface area (Å²) < 4.78 is 0. The molecule has 0 bridgehead atoms. The highest BCUT2D eigenvalue weighted by Crippen LogP contribution is 2.21. The lowest BCUT2D eigenvalue weighted by Gasteiger charge is -2.25. The Morgan fingerprint density at radius 2 is 1.75 bits per heavy atom. The molecule has 1 N–H and O–H groups in total. The second-order valence-electron chi connectivity index (χ2n) is 5.94. The third kappa shape index (κ3) is 5.86. The van der Waals surface area contributed by atoms with Crippen molar-refractivity contribution in [2.24, 2.45) is 0 Å². The fourth-order valence-corrected chi connectivity index (χ4v) is 3.18. The molecule has 2 aromatic rings. The first-order chi connectivity index (χ1) is 11.5. The Labute approximate surface area is 153 Å². The highest BCUT2D eigenvalue weighted by Gasteiger charge is 2.15. The standard InChI is InChI=1S/C19H23ClN2OS/c1-14-4-6-15(7-5-14)18(22(2)3)12-21-19(23)13-24-17-10-8-16(20)9-11-17/h4-11,18H,12-13H2,1-3H3,(H,21,23). The van der Waals surface area contributed by atoms with Gasteiger partial charge in [0.05, 0.1) is 11.8 Å². The van der Waals surface area contributed by atoms with Crippen molar-refractivity contribution in [1.82, 2.24) is 10.2 Å². The molecule has 128 valence electrons. The molecule has 0 fully saturated rings. The van der Waals surface area contributed by atoms with Crippen molar-refractivity contribution in [3.05, 3.63) is 64.7 Å². The predicted octanol–water partition coefficient (Wildman–Crippen LogP) is 4.16. The Balaban J connectivity index is 1.86. The SMILES string of the molecule is Cc1ccc(C(CNC(=O)CSc2ccc(Cl)cc2)N(C)C)cc1. The molecule has 1 atom stereocenters. The zero-order valence-electron chi connectivity index (χ0n) is 14.3. The van der Waals surface area contributed by atoms with Crippen LogP contribution in [0.3, 0.4) is 0 Å². The molecule has 0 spiro atoms. The minimum absolute atomic E-state index is 0.0360.